The van der Waals surface area contributed by atoms with Gasteiger partial charge in [0.05, 0.1) is 18.1 Å². The summed E-state index contributed by atoms with van der Waals surface area (Å²) in [5.41, 5.74) is 7.06. The molecule has 4 rings (SSSR count). The number of hydrogen-bond acceptors (Lipinski definition) is 7. The first-order valence-corrected chi connectivity index (χ1v) is 11.4. The zero-order valence-electron chi connectivity index (χ0n) is 17.0. The molecule has 0 aliphatic carbocycles. The van der Waals surface area contributed by atoms with Crippen molar-refractivity contribution in [3.8, 4) is 11.4 Å². The monoisotopic (exact) mass is 458 g/mol. The Morgan fingerprint density at radius 2 is 1.97 bits per heavy atom. The molecule has 162 valence electrons. The predicted octanol–water partition coefficient (Wildman–Crippen LogP) is 3.24. The van der Waals surface area contributed by atoms with Crippen molar-refractivity contribution in [1.82, 2.24) is 15.3 Å². The Bertz CT molecular complexity index is 1020. The Balaban J connectivity index is 1.63. The lowest BCUT2D eigenvalue weighted by Crippen LogP contribution is -2.39. The van der Waals surface area contributed by atoms with Gasteiger partial charge in [-0.05, 0) is 36.6 Å². The highest BCUT2D eigenvalue weighted by Crippen LogP contribution is 2.35. The number of nitrogens with zero attached hydrogens (tertiary/aromatic N) is 4. The van der Waals surface area contributed by atoms with Crippen LogP contribution in [0.1, 0.15) is 0 Å². The molecule has 0 bridgehead atoms. The third-order valence-corrected chi connectivity index (χ3v) is 6.15. The molecule has 2 aliphatic heterocycles. The molecule has 2 amide bonds. The summed E-state index contributed by atoms with van der Waals surface area (Å²) in [6, 6.07) is 7.21. The van der Waals surface area contributed by atoms with Crippen LogP contribution >= 0.6 is 23.4 Å². The first-order chi connectivity index (χ1) is 15.1. The van der Waals surface area contributed by atoms with Gasteiger partial charge in [-0.3, -0.25) is 5.32 Å². The normalized spacial score (nSPS) is 16.3. The molecule has 3 N–H and O–H groups in total. The molecule has 31 heavy (non-hydrogen) atoms. The van der Waals surface area contributed by atoms with Crippen LogP contribution in [0.5, 0.6) is 0 Å². The van der Waals surface area contributed by atoms with Crippen LogP contribution in [0.15, 0.2) is 53.2 Å². The molecule has 0 atom stereocenters. The van der Waals surface area contributed by atoms with Crippen LogP contribution in [-0.2, 0) is 4.74 Å². The maximum atomic E-state index is 11.3. The van der Waals surface area contributed by atoms with E-state index in [2.05, 4.69) is 15.2 Å². The number of anilines is 2. The first-order valence-electron chi connectivity index (χ1n) is 9.82. The van der Waals surface area contributed by atoms with Crippen LogP contribution in [0.3, 0.4) is 0 Å². The van der Waals surface area contributed by atoms with E-state index in [9.17, 15) is 4.79 Å². The highest BCUT2D eigenvalue weighted by Gasteiger charge is 2.21. The molecular formula is C21H23ClN6O2S. The number of thioether (sulfide) groups is 1. The van der Waals surface area contributed by atoms with Gasteiger partial charge in [-0.2, -0.15) is 0 Å². The van der Waals surface area contributed by atoms with E-state index < -0.39 is 6.03 Å². The Labute approximate surface area is 190 Å². The number of benzene rings is 1. The second-order valence-electron chi connectivity index (χ2n) is 6.92. The average molecular weight is 459 g/mol. The number of carbonyl (C=O) groups is 1. The van der Waals surface area contributed by atoms with E-state index in [0.29, 0.717) is 36.6 Å². The van der Waals surface area contributed by atoms with Gasteiger partial charge >= 0.3 is 6.03 Å². The lowest BCUT2D eigenvalue weighted by atomic mass is 10.1. The number of allylic oxidation sites excluding steroid dienone is 2. The van der Waals surface area contributed by atoms with Gasteiger partial charge in [0.2, 0.25) is 0 Å². The molecule has 0 spiro atoms. The van der Waals surface area contributed by atoms with Crippen molar-refractivity contribution >= 4 is 40.9 Å². The molecule has 2 aromatic rings. The van der Waals surface area contributed by atoms with E-state index in [1.54, 1.807) is 17.8 Å². The third-order valence-electron chi connectivity index (χ3n) is 4.98. The summed E-state index contributed by atoms with van der Waals surface area (Å²) in [7, 11) is 0. The number of nitrogens with two attached hydrogens (primary N) is 1. The quantitative estimate of drug-likeness (QED) is 0.524. The number of rotatable bonds is 5. The average Bonchev–Trinajstić information content (AvgIpc) is 2.79. The second kappa shape index (κ2) is 9.59. The van der Waals surface area contributed by atoms with Gasteiger partial charge in [0.1, 0.15) is 16.8 Å². The van der Waals surface area contributed by atoms with Crippen LogP contribution in [0.25, 0.3) is 11.4 Å². The number of ether oxygens (including phenoxy) is 1. The number of aromatic nitrogens is 2. The Kier molecular flexibility index (Phi) is 6.64. The Hall–Kier alpha value is -2.75. The highest BCUT2D eigenvalue weighted by atomic mass is 35.5. The summed E-state index contributed by atoms with van der Waals surface area (Å²) in [4.78, 5) is 25.7. The van der Waals surface area contributed by atoms with E-state index in [4.69, 9.17) is 27.1 Å². The van der Waals surface area contributed by atoms with Crippen molar-refractivity contribution in [2.24, 2.45) is 5.73 Å². The van der Waals surface area contributed by atoms with Crippen molar-refractivity contribution in [3.63, 3.8) is 0 Å². The molecule has 10 heteroatoms. The number of primary amides is 1. The molecule has 0 saturated carbocycles. The maximum Gasteiger partial charge on any atom is 0.317 e. The van der Waals surface area contributed by atoms with Crippen molar-refractivity contribution in [3.05, 3.63) is 53.5 Å². The third kappa shape index (κ3) is 4.79. The minimum absolute atomic E-state index is 0.445. The molecule has 1 aromatic heterocycles. The number of hydrogen-bond donors (Lipinski definition) is 2. The van der Waals surface area contributed by atoms with E-state index in [0.717, 1.165) is 35.1 Å². The van der Waals surface area contributed by atoms with Crippen molar-refractivity contribution in [1.29, 1.82) is 0 Å². The zero-order chi connectivity index (χ0) is 21.8. The van der Waals surface area contributed by atoms with Crippen LogP contribution in [0.4, 0.5) is 16.3 Å². The summed E-state index contributed by atoms with van der Waals surface area (Å²) in [6.07, 6.45) is 7.66. The minimum atomic E-state index is -0.601. The Morgan fingerprint density at radius 3 is 2.65 bits per heavy atom. The van der Waals surface area contributed by atoms with Gasteiger partial charge in [0.25, 0.3) is 0 Å². The molecule has 3 heterocycles. The van der Waals surface area contributed by atoms with Crippen molar-refractivity contribution in [2.75, 3.05) is 48.9 Å². The summed E-state index contributed by atoms with van der Waals surface area (Å²) >= 11 is 8.06. The van der Waals surface area contributed by atoms with Gasteiger partial charge in [-0.25, -0.2) is 14.8 Å². The van der Waals surface area contributed by atoms with E-state index in [1.807, 2.05) is 47.6 Å². The van der Waals surface area contributed by atoms with Crippen LogP contribution < -0.4 is 20.9 Å². The molecule has 1 saturated heterocycles. The summed E-state index contributed by atoms with van der Waals surface area (Å²) in [5, 5.41) is 3.10. The second-order valence-corrected chi connectivity index (χ2v) is 8.10. The number of amides is 2. The van der Waals surface area contributed by atoms with Crippen LogP contribution in [-0.4, -0.2) is 55.1 Å². The first kappa shape index (κ1) is 21.5. The lowest BCUT2D eigenvalue weighted by Gasteiger charge is -2.29. The molecule has 0 unspecified atom stereocenters. The van der Waals surface area contributed by atoms with E-state index in [1.165, 1.54) is 0 Å². The van der Waals surface area contributed by atoms with Crippen LogP contribution in [0, 0.1) is 0 Å². The number of urea groups is 1. The standard InChI is InChI=1S/C21H23ClN6O2S/c1-31-17-18(22)25-19(26-20(17)27-10-12-30-13-11-27)14-5-7-15(8-6-14)28-9-3-2-4-16(28)24-21(23)29/h2-8H,9-13H2,1H3,(H3,23,24,29). The van der Waals surface area contributed by atoms with Crippen LogP contribution in [0.2, 0.25) is 5.15 Å². The molecule has 0 radical (unpaired) electrons. The van der Waals surface area contributed by atoms with Crippen molar-refractivity contribution < 1.29 is 9.53 Å². The van der Waals surface area contributed by atoms with Gasteiger partial charge in [-0.1, -0.05) is 23.8 Å². The number of halogens is 1. The molecular weight excluding hydrogens is 436 g/mol. The van der Waals surface area contributed by atoms with Gasteiger partial charge in [0.15, 0.2) is 5.82 Å². The number of carbonyl (C=O) groups excluding carboxylic acids is 1. The number of morpholine rings is 1. The van der Waals surface area contributed by atoms with Crippen molar-refractivity contribution in [2.45, 2.75) is 4.90 Å². The largest absolute Gasteiger partial charge is 0.378 e. The van der Waals surface area contributed by atoms with E-state index in [-0.39, 0.29) is 0 Å². The van der Waals surface area contributed by atoms with Gasteiger partial charge < -0.3 is 20.3 Å². The summed E-state index contributed by atoms with van der Waals surface area (Å²) in [5.74, 6) is 2.04. The Morgan fingerprint density at radius 1 is 1.23 bits per heavy atom. The topological polar surface area (TPSA) is 96.6 Å². The fourth-order valence-corrected chi connectivity index (χ4v) is 4.46. The maximum absolute atomic E-state index is 11.3. The van der Waals surface area contributed by atoms with E-state index >= 15 is 0 Å². The molecule has 1 aromatic carbocycles. The smallest absolute Gasteiger partial charge is 0.317 e. The highest BCUT2D eigenvalue weighted by molar-refractivity contribution is 7.98. The fraction of sp³-hybridized carbons (Fsp3) is 0.286. The molecule has 2 aliphatic rings. The SMILES string of the molecule is CSc1c(Cl)nc(-c2ccc(N3CC=CC=C3NC(N)=O)cc2)nc1N1CCOCC1. The predicted molar refractivity (Wildman–Crippen MR) is 125 cm³/mol. The zero-order valence-corrected chi connectivity index (χ0v) is 18.6. The summed E-state index contributed by atoms with van der Waals surface area (Å²) in [6.45, 7) is 3.49. The van der Waals surface area contributed by atoms with Gasteiger partial charge in [0, 0.05) is 30.9 Å². The summed E-state index contributed by atoms with van der Waals surface area (Å²) < 4.78 is 5.47. The molecule has 1 fully saturated rings. The lowest BCUT2D eigenvalue weighted by molar-refractivity contribution is 0.122. The number of nitrogens with one attached hydrogen (secondary N) is 1. The minimum Gasteiger partial charge on any atom is -0.378 e. The van der Waals surface area contributed by atoms with Gasteiger partial charge in [-0.15, -0.1) is 11.8 Å². The molecule has 8 nitrogen and oxygen atoms in total. The fourth-order valence-electron chi connectivity index (χ4n) is 3.49.